The molecule has 0 spiro atoms. The van der Waals surface area contributed by atoms with Crippen molar-refractivity contribution in [3.8, 4) is 5.75 Å². The smallest absolute Gasteiger partial charge is 0.387 e. The molecule has 0 radical (unpaired) electrons. The molecule has 0 N–H and O–H groups in total. The fourth-order valence-electron chi connectivity index (χ4n) is 0.733. The van der Waals surface area contributed by atoms with Gasteiger partial charge in [0.2, 0.25) is 0 Å². The van der Waals surface area contributed by atoms with Crippen LogP contribution in [0.3, 0.4) is 0 Å². The van der Waals surface area contributed by atoms with Crippen LogP contribution in [0, 0.1) is 11.6 Å². The van der Waals surface area contributed by atoms with Crippen LogP contribution in [0.2, 0.25) is 0 Å². The number of hydrogen-bond donors (Lipinski definition) is 0. The lowest BCUT2D eigenvalue weighted by atomic mass is 10.3. The lowest BCUT2D eigenvalue weighted by Gasteiger charge is -2.08. The van der Waals surface area contributed by atoms with Gasteiger partial charge in [-0.05, 0) is 31.9 Å². The van der Waals surface area contributed by atoms with E-state index in [0.717, 1.165) is 0 Å². The molecule has 0 atom stereocenters. The monoisotopic (exact) mass is 336 g/mol. The highest BCUT2D eigenvalue weighted by Crippen LogP contribution is 2.36. The van der Waals surface area contributed by atoms with Crippen molar-refractivity contribution in [1.82, 2.24) is 0 Å². The predicted octanol–water partition coefficient (Wildman–Crippen LogP) is 4.09. The van der Waals surface area contributed by atoms with Gasteiger partial charge in [0.25, 0.3) is 0 Å². The zero-order chi connectivity index (χ0) is 10.9. The Morgan fingerprint density at radius 2 is 1.71 bits per heavy atom. The number of alkyl halides is 2. The molecule has 78 valence electrons. The Labute approximate surface area is 93.3 Å². The molecule has 0 bridgehead atoms. The van der Waals surface area contributed by atoms with Gasteiger partial charge in [-0.3, -0.25) is 0 Å². The molecule has 0 saturated heterocycles. The van der Waals surface area contributed by atoms with E-state index < -0.39 is 24.0 Å². The summed E-state index contributed by atoms with van der Waals surface area (Å²) in [5.74, 6) is -2.90. The van der Waals surface area contributed by atoms with Crippen molar-refractivity contribution in [3.05, 3.63) is 26.6 Å². The average molecular weight is 338 g/mol. The Kier molecular flexibility index (Phi) is 3.77. The Morgan fingerprint density at radius 1 is 1.14 bits per heavy atom. The van der Waals surface area contributed by atoms with E-state index in [1.165, 1.54) is 0 Å². The van der Waals surface area contributed by atoms with Crippen molar-refractivity contribution in [1.29, 1.82) is 0 Å². The van der Waals surface area contributed by atoms with Crippen LogP contribution in [0.25, 0.3) is 0 Å². The molecule has 0 saturated carbocycles. The summed E-state index contributed by atoms with van der Waals surface area (Å²) in [5.41, 5.74) is 0. The van der Waals surface area contributed by atoms with Crippen molar-refractivity contribution in [3.63, 3.8) is 0 Å². The Morgan fingerprint density at radius 3 is 2.21 bits per heavy atom. The molecule has 1 nitrogen and oxygen atoms in total. The lowest BCUT2D eigenvalue weighted by molar-refractivity contribution is -0.0506. The van der Waals surface area contributed by atoms with E-state index >= 15 is 0 Å². The van der Waals surface area contributed by atoms with Gasteiger partial charge in [-0.15, -0.1) is 0 Å². The third-order valence-corrected chi connectivity index (χ3v) is 3.35. The van der Waals surface area contributed by atoms with Crippen LogP contribution in [-0.4, -0.2) is 6.61 Å². The van der Waals surface area contributed by atoms with Crippen molar-refractivity contribution >= 4 is 31.9 Å². The number of hydrogen-bond acceptors (Lipinski definition) is 1. The van der Waals surface area contributed by atoms with Gasteiger partial charge in [-0.1, -0.05) is 0 Å². The summed E-state index contributed by atoms with van der Waals surface area (Å²) in [4.78, 5) is 0. The second-order valence-corrected chi connectivity index (χ2v) is 3.76. The molecule has 1 aromatic rings. The summed E-state index contributed by atoms with van der Waals surface area (Å²) in [6.45, 7) is -3.09. The van der Waals surface area contributed by atoms with Gasteiger partial charge in [-0.25, -0.2) is 8.78 Å². The Hall–Kier alpha value is -0.300. The Bertz CT molecular complexity index is 356. The first kappa shape index (κ1) is 11.8. The van der Waals surface area contributed by atoms with Gasteiger partial charge >= 0.3 is 6.61 Å². The highest BCUT2D eigenvalue weighted by atomic mass is 79.9. The second-order valence-electron chi connectivity index (χ2n) is 2.18. The summed E-state index contributed by atoms with van der Waals surface area (Å²) in [6.07, 6.45) is 0. The third kappa shape index (κ3) is 2.38. The van der Waals surface area contributed by atoms with E-state index in [2.05, 4.69) is 36.6 Å². The highest BCUT2D eigenvalue weighted by Gasteiger charge is 2.18. The first-order valence-corrected chi connectivity index (χ1v) is 4.80. The molecule has 1 rings (SSSR count). The van der Waals surface area contributed by atoms with Crippen LogP contribution in [0.15, 0.2) is 15.0 Å². The van der Waals surface area contributed by atoms with Gasteiger partial charge in [0.05, 0.1) is 8.95 Å². The number of halogens is 6. The minimum absolute atomic E-state index is 0.100. The van der Waals surface area contributed by atoms with Gasteiger partial charge in [0, 0.05) is 6.07 Å². The van der Waals surface area contributed by atoms with Gasteiger partial charge in [0.1, 0.15) is 5.75 Å². The van der Waals surface area contributed by atoms with Gasteiger partial charge in [0.15, 0.2) is 11.6 Å². The summed E-state index contributed by atoms with van der Waals surface area (Å²) >= 11 is 5.47. The number of benzene rings is 1. The normalized spacial score (nSPS) is 10.8. The Balaban J connectivity index is 3.19. The molecule has 7 heteroatoms. The second kappa shape index (κ2) is 4.48. The number of ether oxygens (including phenoxy) is 1. The van der Waals surface area contributed by atoms with Crippen molar-refractivity contribution in [2.24, 2.45) is 0 Å². The molecule has 0 aliphatic carbocycles. The minimum Gasteiger partial charge on any atom is -0.433 e. The fourth-order valence-corrected chi connectivity index (χ4v) is 1.50. The van der Waals surface area contributed by atoms with E-state index in [-0.39, 0.29) is 8.95 Å². The maximum absolute atomic E-state index is 12.8. The molecular formula is C7H2Br2F4O. The first-order chi connectivity index (χ1) is 6.43. The highest BCUT2D eigenvalue weighted by molar-refractivity contribution is 9.13. The van der Waals surface area contributed by atoms with Gasteiger partial charge < -0.3 is 4.74 Å². The molecule has 0 unspecified atom stereocenters. The molecule has 0 aliphatic rings. The minimum atomic E-state index is -3.09. The van der Waals surface area contributed by atoms with Crippen LogP contribution >= 0.6 is 31.9 Å². The molecule has 0 aliphatic heterocycles. The maximum Gasteiger partial charge on any atom is 0.387 e. The maximum atomic E-state index is 12.8. The predicted molar refractivity (Wildman–Crippen MR) is 48.4 cm³/mol. The molecule has 0 amide bonds. The van der Waals surface area contributed by atoms with E-state index in [9.17, 15) is 17.6 Å². The fraction of sp³-hybridized carbons (Fsp3) is 0.143. The number of rotatable bonds is 2. The van der Waals surface area contributed by atoms with Crippen LogP contribution < -0.4 is 4.74 Å². The standard InChI is InChI=1S/C7H2Br2F4O/c8-4-3(14-7(12)13)1-2(10)6(11)5(4)9/h1,7H. The van der Waals surface area contributed by atoms with E-state index in [4.69, 9.17) is 0 Å². The molecular weight excluding hydrogens is 336 g/mol. The van der Waals surface area contributed by atoms with Crippen LogP contribution in [-0.2, 0) is 0 Å². The average Bonchev–Trinajstić information content (AvgIpc) is 2.10. The topological polar surface area (TPSA) is 9.23 Å². The van der Waals surface area contributed by atoms with Crippen LogP contribution in [0.4, 0.5) is 17.6 Å². The molecule has 0 aromatic heterocycles. The molecule has 1 aromatic carbocycles. The lowest BCUT2D eigenvalue weighted by Crippen LogP contribution is -2.04. The first-order valence-electron chi connectivity index (χ1n) is 3.21. The van der Waals surface area contributed by atoms with Crippen molar-refractivity contribution in [2.75, 3.05) is 0 Å². The van der Waals surface area contributed by atoms with E-state index in [1.807, 2.05) is 0 Å². The van der Waals surface area contributed by atoms with Crippen LogP contribution in [0.5, 0.6) is 5.75 Å². The zero-order valence-electron chi connectivity index (χ0n) is 6.33. The largest absolute Gasteiger partial charge is 0.433 e. The molecule has 0 heterocycles. The quantitative estimate of drug-likeness (QED) is 0.448. The summed E-state index contributed by atoms with van der Waals surface area (Å²) in [5, 5.41) is 0. The molecule has 14 heavy (non-hydrogen) atoms. The van der Waals surface area contributed by atoms with E-state index in [1.54, 1.807) is 0 Å². The van der Waals surface area contributed by atoms with Gasteiger partial charge in [-0.2, -0.15) is 8.78 Å². The summed E-state index contributed by atoms with van der Waals surface area (Å²) in [7, 11) is 0. The van der Waals surface area contributed by atoms with Crippen molar-refractivity contribution < 1.29 is 22.3 Å². The SMILES string of the molecule is Fc1cc(OC(F)F)c(Br)c(Br)c1F. The third-order valence-electron chi connectivity index (χ3n) is 1.29. The zero-order valence-corrected chi connectivity index (χ0v) is 9.50. The van der Waals surface area contributed by atoms with Crippen molar-refractivity contribution in [2.45, 2.75) is 6.61 Å². The summed E-state index contributed by atoms with van der Waals surface area (Å²) < 4.78 is 52.7. The summed E-state index contributed by atoms with van der Waals surface area (Å²) in [6, 6.07) is 0.538. The van der Waals surface area contributed by atoms with Crippen LogP contribution in [0.1, 0.15) is 0 Å². The van der Waals surface area contributed by atoms with E-state index in [0.29, 0.717) is 6.07 Å². The molecule has 0 fully saturated rings.